The van der Waals surface area contributed by atoms with Crippen molar-refractivity contribution in [1.29, 1.82) is 0 Å². The molecule has 0 heterocycles. The Morgan fingerprint density at radius 3 is 2.50 bits per heavy atom. The second-order valence-electron chi connectivity index (χ2n) is 6.47. The predicted molar refractivity (Wildman–Crippen MR) is 108 cm³/mol. The first-order valence-electron chi connectivity index (χ1n) is 9.06. The van der Waals surface area contributed by atoms with E-state index in [1.807, 2.05) is 32.0 Å². The van der Waals surface area contributed by atoms with E-state index in [2.05, 4.69) is 5.32 Å². The first-order chi connectivity index (χ1) is 13.4. The van der Waals surface area contributed by atoms with Gasteiger partial charge < -0.3 is 24.6 Å². The number of methoxy groups -OCH3 is 1. The lowest BCUT2D eigenvalue weighted by Crippen LogP contribution is -2.39. The van der Waals surface area contributed by atoms with Crippen LogP contribution in [0.3, 0.4) is 0 Å². The van der Waals surface area contributed by atoms with Gasteiger partial charge in [0.15, 0.2) is 17.6 Å². The lowest BCUT2D eigenvalue weighted by atomic mass is 10.1. The standard InChI is InChI=1S/C21H26ClNO5/c1-14(2)28-19-9-4-15(12-20(19)26-3)10-11-23-21(25)18(24)13-27-17-7-5-16(22)6-8-17/h4-9,12,14,18,24H,10-11,13H2,1-3H3,(H,23,25)/t18-/m0/s1. The molecule has 2 rings (SSSR count). The number of halogens is 1. The molecule has 0 saturated carbocycles. The maximum absolute atomic E-state index is 12.0. The number of amides is 1. The van der Waals surface area contributed by atoms with Crippen LogP contribution in [0.2, 0.25) is 5.02 Å². The number of ether oxygens (including phenoxy) is 3. The summed E-state index contributed by atoms with van der Waals surface area (Å²) in [5.74, 6) is 1.38. The van der Waals surface area contributed by atoms with Crippen LogP contribution in [0, 0.1) is 0 Å². The molecule has 28 heavy (non-hydrogen) atoms. The second kappa shape index (κ2) is 10.8. The minimum Gasteiger partial charge on any atom is -0.493 e. The Labute approximate surface area is 170 Å². The van der Waals surface area contributed by atoms with E-state index in [1.54, 1.807) is 31.4 Å². The third-order valence-corrected chi connectivity index (χ3v) is 4.08. The van der Waals surface area contributed by atoms with Crippen LogP contribution in [0.25, 0.3) is 0 Å². The van der Waals surface area contributed by atoms with E-state index in [-0.39, 0.29) is 12.7 Å². The minimum absolute atomic E-state index is 0.0515. The Balaban J connectivity index is 1.78. The first-order valence-corrected chi connectivity index (χ1v) is 9.44. The molecule has 152 valence electrons. The van der Waals surface area contributed by atoms with Crippen molar-refractivity contribution in [2.45, 2.75) is 32.5 Å². The van der Waals surface area contributed by atoms with Crippen LogP contribution in [0.1, 0.15) is 19.4 Å². The van der Waals surface area contributed by atoms with Crippen LogP contribution in [0.15, 0.2) is 42.5 Å². The summed E-state index contributed by atoms with van der Waals surface area (Å²) in [6.45, 7) is 4.14. The topological polar surface area (TPSA) is 77.0 Å². The fraction of sp³-hybridized carbons (Fsp3) is 0.381. The zero-order valence-corrected chi connectivity index (χ0v) is 17.0. The predicted octanol–water partition coefficient (Wildman–Crippen LogP) is 3.23. The number of hydrogen-bond acceptors (Lipinski definition) is 5. The van der Waals surface area contributed by atoms with Gasteiger partial charge in [0.25, 0.3) is 5.91 Å². The van der Waals surface area contributed by atoms with Crippen LogP contribution in [-0.4, -0.2) is 43.5 Å². The van der Waals surface area contributed by atoms with Crippen LogP contribution in [0.4, 0.5) is 0 Å². The number of carbonyl (C=O) groups is 1. The highest BCUT2D eigenvalue weighted by molar-refractivity contribution is 6.30. The molecule has 0 saturated heterocycles. The molecule has 0 radical (unpaired) electrons. The van der Waals surface area contributed by atoms with E-state index in [0.717, 1.165) is 5.56 Å². The van der Waals surface area contributed by atoms with E-state index in [9.17, 15) is 9.90 Å². The van der Waals surface area contributed by atoms with Gasteiger partial charge in [0.1, 0.15) is 12.4 Å². The highest BCUT2D eigenvalue weighted by Gasteiger charge is 2.15. The Hall–Kier alpha value is -2.44. The number of rotatable bonds is 10. The highest BCUT2D eigenvalue weighted by Crippen LogP contribution is 2.29. The van der Waals surface area contributed by atoms with Crippen molar-refractivity contribution in [3.05, 3.63) is 53.1 Å². The zero-order chi connectivity index (χ0) is 20.5. The molecule has 7 heteroatoms. The average molecular weight is 408 g/mol. The first kappa shape index (κ1) is 21.9. The molecule has 0 aliphatic heterocycles. The molecule has 0 aliphatic rings. The molecule has 0 unspecified atom stereocenters. The van der Waals surface area contributed by atoms with E-state index in [4.69, 9.17) is 25.8 Å². The van der Waals surface area contributed by atoms with Gasteiger partial charge in [-0.15, -0.1) is 0 Å². The van der Waals surface area contributed by atoms with Gasteiger partial charge in [0, 0.05) is 11.6 Å². The van der Waals surface area contributed by atoms with Crippen molar-refractivity contribution in [1.82, 2.24) is 5.32 Å². The van der Waals surface area contributed by atoms with Gasteiger partial charge in [-0.05, 0) is 62.2 Å². The van der Waals surface area contributed by atoms with Gasteiger partial charge in [-0.3, -0.25) is 4.79 Å². The van der Waals surface area contributed by atoms with Crippen LogP contribution in [0.5, 0.6) is 17.2 Å². The largest absolute Gasteiger partial charge is 0.493 e. The summed E-state index contributed by atoms with van der Waals surface area (Å²) < 4.78 is 16.4. The van der Waals surface area contributed by atoms with Crippen LogP contribution < -0.4 is 19.5 Å². The van der Waals surface area contributed by atoms with Gasteiger partial charge >= 0.3 is 0 Å². The Morgan fingerprint density at radius 2 is 1.86 bits per heavy atom. The molecule has 6 nitrogen and oxygen atoms in total. The number of aliphatic hydroxyl groups is 1. The summed E-state index contributed by atoms with van der Waals surface area (Å²) in [6, 6.07) is 12.4. The number of nitrogens with one attached hydrogen (secondary N) is 1. The van der Waals surface area contributed by atoms with E-state index < -0.39 is 12.0 Å². The molecule has 1 amide bonds. The normalized spacial score (nSPS) is 11.8. The van der Waals surface area contributed by atoms with Crippen molar-refractivity contribution in [3.63, 3.8) is 0 Å². The van der Waals surface area contributed by atoms with Crippen LogP contribution in [-0.2, 0) is 11.2 Å². The lowest BCUT2D eigenvalue weighted by Gasteiger charge is -2.15. The summed E-state index contributed by atoms with van der Waals surface area (Å²) in [5, 5.41) is 13.2. The average Bonchev–Trinajstić information content (AvgIpc) is 2.67. The van der Waals surface area contributed by atoms with Crippen molar-refractivity contribution < 1.29 is 24.1 Å². The SMILES string of the molecule is COc1cc(CCNC(=O)[C@@H](O)COc2ccc(Cl)cc2)ccc1OC(C)C. The van der Waals surface area contributed by atoms with Crippen molar-refractivity contribution in [2.24, 2.45) is 0 Å². The van der Waals surface area contributed by atoms with Crippen molar-refractivity contribution in [2.75, 3.05) is 20.3 Å². The Morgan fingerprint density at radius 1 is 1.14 bits per heavy atom. The zero-order valence-electron chi connectivity index (χ0n) is 16.3. The third-order valence-electron chi connectivity index (χ3n) is 3.83. The fourth-order valence-corrected chi connectivity index (χ4v) is 2.57. The van der Waals surface area contributed by atoms with E-state index in [1.165, 1.54) is 0 Å². The molecule has 0 aromatic heterocycles. The molecular formula is C21H26ClNO5. The number of carbonyl (C=O) groups excluding carboxylic acids is 1. The Bertz CT molecular complexity index is 764. The monoisotopic (exact) mass is 407 g/mol. The summed E-state index contributed by atoms with van der Waals surface area (Å²) in [7, 11) is 1.59. The maximum atomic E-state index is 12.0. The lowest BCUT2D eigenvalue weighted by molar-refractivity contribution is -0.130. The minimum atomic E-state index is -1.26. The van der Waals surface area contributed by atoms with Gasteiger partial charge in [0.2, 0.25) is 0 Å². The number of hydrogen-bond donors (Lipinski definition) is 2. The molecule has 1 atom stereocenters. The molecule has 0 aliphatic carbocycles. The molecular weight excluding hydrogens is 382 g/mol. The molecule has 0 fully saturated rings. The van der Waals surface area contributed by atoms with Gasteiger partial charge in [-0.2, -0.15) is 0 Å². The molecule has 2 N–H and O–H groups in total. The highest BCUT2D eigenvalue weighted by atomic mass is 35.5. The molecule has 0 bridgehead atoms. The number of benzene rings is 2. The van der Waals surface area contributed by atoms with Gasteiger partial charge in [-0.25, -0.2) is 0 Å². The maximum Gasteiger partial charge on any atom is 0.252 e. The quantitative estimate of drug-likeness (QED) is 0.632. The van der Waals surface area contributed by atoms with Gasteiger partial charge in [0.05, 0.1) is 13.2 Å². The summed E-state index contributed by atoms with van der Waals surface area (Å²) >= 11 is 5.80. The summed E-state index contributed by atoms with van der Waals surface area (Å²) in [4.78, 5) is 12.0. The second-order valence-corrected chi connectivity index (χ2v) is 6.91. The smallest absolute Gasteiger partial charge is 0.252 e. The van der Waals surface area contributed by atoms with Gasteiger partial charge in [-0.1, -0.05) is 17.7 Å². The molecule has 0 spiro atoms. The van der Waals surface area contributed by atoms with E-state index in [0.29, 0.717) is 35.2 Å². The van der Waals surface area contributed by atoms with Crippen LogP contribution >= 0.6 is 11.6 Å². The van der Waals surface area contributed by atoms with Crippen molar-refractivity contribution in [3.8, 4) is 17.2 Å². The third kappa shape index (κ3) is 6.94. The summed E-state index contributed by atoms with van der Waals surface area (Å²) in [6.07, 6.45) is -0.614. The number of aliphatic hydroxyl groups excluding tert-OH is 1. The fourth-order valence-electron chi connectivity index (χ4n) is 2.45. The summed E-state index contributed by atoms with van der Waals surface area (Å²) in [5.41, 5.74) is 0.986. The molecule has 2 aromatic rings. The molecule has 2 aromatic carbocycles. The van der Waals surface area contributed by atoms with E-state index >= 15 is 0 Å². The van der Waals surface area contributed by atoms with Crippen molar-refractivity contribution >= 4 is 17.5 Å². The Kier molecular flexibility index (Phi) is 8.42.